The first-order valence-corrected chi connectivity index (χ1v) is 11.5. The number of hydrogen-bond acceptors (Lipinski definition) is 7. The number of benzene rings is 2. The molecule has 1 amide bonds. The Hall–Kier alpha value is -3.59. The van der Waals surface area contributed by atoms with E-state index in [0.717, 1.165) is 16.9 Å². The molecule has 190 valence electrons. The summed E-state index contributed by atoms with van der Waals surface area (Å²) >= 11 is 0. The van der Waals surface area contributed by atoms with Crippen molar-refractivity contribution in [1.82, 2.24) is 10.6 Å². The van der Waals surface area contributed by atoms with Gasteiger partial charge in [0, 0.05) is 12.5 Å². The van der Waals surface area contributed by atoms with E-state index < -0.39 is 36.4 Å². The van der Waals surface area contributed by atoms with Crippen LogP contribution in [0.3, 0.4) is 0 Å². The summed E-state index contributed by atoms with van der Waals surface area (Å²) in [4.78, 5) is 36.5. The molecule has 2 rings (SSSR count). The smallest absolute Gasteiger partial charge is 0.328 e. The number of ether oxygens (including phenoxy) is 3. The number of hydrogen-bond donors (Lipinski definition) is 3. The van der Waals surface area contributed by atoms with Gasteiger partial charge in [-0.2, -0.15) is 0 Å². The summed E-state index contributed by atoms with van der Waals surface area (Å²) in [5, 5.41) is 15.0. The van der Waals surface area contributed by atoms with Crippen LogP contribution < -0.4 is 20.1 Å². The maximum atomic E-state index is 12.9. The molecule has 9 nitrogen and oxygen atoms in total. The third kappa shape index (κ3) is 9.29. The van der Waals surface area contributed by atoms with Gasteiger partial charge in [-0.1, -0.05) is 36.4 Å². The van der Waals surface area contributed by atoms with Crippen molar-refractivity contribution in [3.8, 4) is 11.5 Å². The second-order valence-electron chi connectivity index (χ2n) is 7.89. The molecule has 2 aromatic rings. The molecule has 0 bridgehead atoms. The average molecular weight is 487 g/mol. The van der Waals surface area contributed by atoms with E-state index in [4.69, 9.17) is 14.2 Å². The highest BCUT2D eigenvalue weighted by Gasteiger charge is 2.27. The molecule has 0 aliphatic rings. The summed E-state index contributed by atoms with van der Waals surface area (Å²) in [5.74, 6) is -0.862. The van der Waals surface area contributed by atoms with Gasteiger partial charge >= 0.3 is 11.9 Å². The molecule has 0 heterocycles. The lowest BCUT2D eigenvalue weighted by atomic mass is 10.0. The number of carbonyl (C=O) groups excluding carboxylic acids is 2. The molecule has 9 heteroatoms. The highest BCUT2D eigenvalue weighted by atomic mass is 16.5. The van der Waals surface area contributed by atoms with Crippen LogP contribution in [0.1, 0.15) is 30.9 Å². The minimum absolute atomic E-state index is 0.233. The first-order valence-electron chi connectivity index (χ1n) is 11.5. The number of carbonyl (C=O) groups is 3. The molecule has 35 heavy (non-hydrogen) atoms. The number of aryl methyl sites for hydroxylation is 1. The fraction of sp³-hybridized carbons (Fsp3) is 0.423. The average Bonchev–Trinajstić information content (AvgIpc) is 2.86. The summed E-state index contributed by atoms with van der Waals surface area (Å²) in [6.07, 6.45) is 1.11. The Morgan fingerprint density at radius 1 is 1.03 bits per heavy atom. The van der Waals surface area contributed by atoms with Crippen LogP contribution in [0.25, 0.3) is 0 Å². The standard InChI is InChI=1S/C26H34N2O7/c1-4-35-23-16-20(33-2)13-12-19(23)11-8-14-27-21(17-24(29)30)25(31)28-22(26(32)34-3)15-18-9-6-5-7-10-18/h5-7,9-10,12-13,16,21-22,27H,4,8,11,14-15,17H2,1-3H3,(H,28,31)(H,29,30)/t21-,22-/m0/s1. The third-order valence-electron chi connectivity index (χ3n) is 5.37. The molecule has 0 aliphatic heterocycles. The zero-order valence-corrected chi connectivity index (χ0v) is 20.4. The number of carboxylic acid groups (broad SMARTS) is 1. The van der Waals surface area contributed by atoms with Gasteiger partial charge in [-0.05, 0) is 43.5 Å². The molecule has 0 radical (unpaired) electrons. The lowest BCUT2D eigenvalue weighted by molar-refractivity contribution is -0.145. The van der Waals surface area contributed by atoms with E-state index in [9.17, 15) is 19.5 Å². The van der Waals surface area contributed by atoms with E-state index in [0.29, 0.717) is 31.7 Å². The van der Waals surface area contributed by atoms with E-state index in [1.54, 1.807) is 7.11 Å². The predicted molar refractivity (Wildman–Crippen MR) is 131 cm³/mol. The maximum absolute atomic E-state index is 12.9. The van der Waals surface area contributed by atoms with E-state index in [1.165, 1.54) is 7.11 Å². The van der Waals surface area contributed by atoms with Crippen LogP contribution >= 0.6 is 0 Å². The van der Waals surface area contributed by atoms with Crippen molar-refractivity contribution in [1.29, 1.82) is 0 Å². The van der Waals surface area contributed by atoms with Gasteiger partial charge in [-0.25, -0.2) is 4.79 Å². The van der Waals surface area contributed by atoms with Crippen LogP contribution in [0.5, 0.6) is 11.5 Å². The molecule has 0 spiro atoms. The molecule has 0 saturated heterocycles. The van der Waals surface area contributed by atoms with Gasteiger partial charge < -0.3 is 30.0 Å². The molecular weight excluding hydrogens is 452 g/mol. The maximum Gasteiger partial charge on any atom is 0.328 e. The van der Waals surface area contributed by atoms with E-state index >= 15 is 0 Å². The second kappa shape index (κ2) is 14.6. The van der Waals surface area contributed by atoms with Crippen molar-refractivity contribution in [2.45, 2.75) is 44.7 Å². The Labute approximate surface area is 205 Å². The van der Waals surface area contributed by atoms with Crippen LogP contribution in [0.4, 0.5) is 0 Å². The Bertz CT molecular complexity index is 965. The van der Waals surface area contributed by atoms with E-state index in [-0.39, 0.29) is 6.42 Å². The number of carboxylic acids is 1. The Balaban J connectivity index is 1.99. The van der Waals surface area contributed by atoms with Gasteiger partial charge in [-0.15, -0.1) is 0 Å². The molecule has 0 aliphatic carbocycles. The molecule has 0 fully saturated rings. The van der Waals surface area contributed by atoms with Gasteiger partial charge in [0.1, 0.15) is 17.5 Å². The number of nitrogens with one attached hydrogen (secondary N) is 2. The van der Waals surface area contributed by atoms with Gasteiger partial charge in [0.25, 0.3) is 0 Å². The minimum Gasteiger partial charge on any atom is -0.497 e. The minimum atomic E-state index is -1.12. The first-order chi connectivity index (χ1) is 16.9. The van der Waals surface area contributed by atoms with Crippen LogP contribution in [-0.2, 0) is 32.0 Å². The molecule has 2 atom stereocenters. The second-order valence-corrected chi connectivity index (χ2v) is 7.89. The van der Waals surface area contributed by atoms with Crippen LogP contribution in [0.2, 0.25) is 0 Å². The largest absolute Gasteiger partial charge is 0.497 e. The first kappa shape index (κ1) is 27.7. The van der Waals surface area contributed by atoms with Gasteiger partial charge in [-0.3, -0.25) is 9.59 Å². The van der Waals surface area contributed by atoms with Crippen molar-refractivity contribution < 1.29 is 33.7 Å². The van der Waals surface area contributed by atoms with Crippen molar-refractivity contribution in [2.24, 2.45) is 0 Å². The number of amides is 1. The third-order valence-corrected chi connectivity index (χ3v) is 5.37. The summed E-state index contributed by atoms with van der Waals surface area (Å²) in [6.45, 7) is 2.81. The Kier molecular flexibility index (Phi) is 11.6. The molecule has 0 unspecified atom stereocenters. The van der Waals surface area contributed by atoms with Gasteiger partial charge in [0.05, 0.1) is 33.3 Å². The zero-order valence-electron chi connectivity index (χ0n) is 20.4. The SMILES string of the molecule is CCOc1cc(OC)ccc1CCCN[C@@H](CC(=O)O)C(=O)N[C@@H](Cc1ccccc1)C(=O)OC. The zero-order chi connectivity index (χ0) is 25.6. The number of methoxy groups -OCH3 is 2. The highest BCUT2D eigenvalue weighted by molar-refractivity contribution is 5.90. The monoisotopic (exact) mass is 486 g/mol. The summed E-state index contributed by atoms with van der Waals surface area (Å²) in [5.41, 5.74) is 1.83. The summed E-state index contributed by atoms with van der Waals surface area (Å²) in [6, 6.07) is 12.9. The van der Waals surface area contributed by atoms with Gasteiger partial charge in [0.2, 0.25) is 5.91 Å². The van der Waals surface area contributed by atoms with Crippen LogP contribution in [0.15, 0.2) is 48.5 Å². The van der Waals surface area contributed by atoms with Gasteiger partial charge in [0.15, 0.2) is 0 Å². The molecule has 3 N–H and O–H groups in total. The Morgan fingerprint density at radius 3 is 2.40 bits per heavy atom. The number of esters is 1. The van der Waals surface area contributed by atoms with Crippen LogP contribution in [-0.4, -0.2) is 62.4 Å². The Morgan fingerprint density at radius 2 is 1.77 bits per heavy atom. The quantitative estimate of drug-likeness (QED) is 0.259. The van der Waals surface area contributed by atoms with Crippen LogP contribution in [0, 0.1) is 0 Å². The molecule has 2 aromatic carbocycles. The molecule has 0 aromatic heterocycles. The van der Waals surface area contributed by atoms with E-state index in [2.05, 4.69) is 10.6 Å². The number of aliphatic carboxylic acids is 1. The summed E-state index contributed by atoms with van der Waals surface area (Å²) < 4.78 is 15.8. The molecular formula is C26H34N2O7. The number of rotatable bonds is 15. The van der Waals surface area contributed by atoms with Crippen molar-refractivity contribution >= 4 is 17.8 Å². The topological polar surface area (TPSA) is 123 Å². The lowest BCUT2D eigenvalue weighted by Gasteiger charge is -2.21. The normalized spacial score (nSPS) is 12.3. The van der Waals surface area contributed by atoms with Crippen molar-refractivity contribution in [3.63, 3.8) is 0 Å². The summed E-state index contributed by atoms with van der Waals surface area (Å²) in [7, 11) is 2.84. The fourth-order valence-corrected chi connectivity index (χ4v) is 3.60. The predicted octanol–water partition coefficient (Wildman–Crippen LogP) is 2.36. The van der Waals surface area contributed by atoms with Crippen molar-refractivity contribution in [3.05, 3.63) is 59.7 Å². The fourth-order valence-electron chi connectivity index (χ4n) is 3.60. The highest BCUT2D eigenvalue weighted by Crippen LogP contribution is 2.26. The van der Waals surface area contributed by atoms with Crippen molar-refractivity contribution in [2.75, 3.05) is 27.4 Å². The lowest BCUT2D eigenvalue weighted by Crippen LogP contribution is -2.52. The molecule has 0 saturated carbocycles. The van der Waals surface area contributed by atoms with E-state index in [1.807, 2.05) is 55.5 Å².